The van der Waals surface area contributed by atoms with Crippen molar-refractivity contribution in [3.63, 3.8) is 0 Å². The van der Waals surface area contributed by atoms with E-state index in [-0.39, 0.29) is 0 Å². The highest BCUT2D eigenvalue weighted by molar-refractivity contribution is 5.68. The van der Waals surface area contributed by atoms with Crippen molar-refractivity contribution in [1.29, 1.82) is 5.26 Å². The number of hydrogen-bond acceptors (Lipinski definition) is 3. The van der Waals surface area contributed by atoms with Gasteiger partial charge in [-0.2, -0.15) is 10.4 Å². The molecule has 30 heavy (non-hydrogen) atoms. The summed E-state index contributed by atoms with van der Waals surface area (Å²) < 4.78 is 1.81. The highest BCUT2D eigenvalue weighted by Gasteiger charge is 2.37. The van der Waals surface area contributed by atoms with Crippen LogP contribution in [0.25, 0.3) is 6.08 Å². The summed E-state index contributed by atoms with van der Waals surface area (Å²) in [7, 11) is 1.90. The first-order valence-corrected chi connectivity index (χ1v) is 9.78. The molecular formula is C26H22N4. The van der Waals surface area contributed by atoms with Crippen LogP contribution in [-0.2, 0) is 12.6 Å². The van der Waals surface area contributed by atoms with Crippen molar-refractivity contribution in [2.75, 3.05) is 5.32 Å². The van der Waals surface area contributed by atoms with E-state index in [0.29, 0.717) is 0 Å². The lowest BCUT2D eigenvalue weighted by Gasteiger charge is -2.38. The second kappa shape index (κ2) is 8.50. The summed E-state index contributed by atoms with van der Waals surface area (Å²) in [6.45, 7) is 0. The van der Waals surface area contributed by atoms with Crippen molar-refractivity contribution in [3.05, 3.63) is 126 Å². The fourth-order valence-corrected chi connectivity index (χ4v) is 3.82. The number of aryl methyl sites for hydroxylation is 1. The molecule has 1 N–H and O–H groups in total. The van der Waals surface area contributed by atoms with E-state index in [9.17, 15) is 0 Å². The minimum atomic E-state index is -0.646. The average Bonchev–Trinajstić information content (AvgIpc) is 3.16. The molecule has 0 bridgehead atoms. The Kier molecular flexibility index (Phi) is 5.45. The number of nitriles is 1. The summed E-state index contributed by atoms with van der Waals surface area (Å²) in [6.07, 6.45) is 5.01. The summed E-state index contributed by atoms with van der Waals surface area (Å²) in [5.74, 6) is 0.832. The van der Waals surface area contributed by atoms with E-state index < -0.39 is 5.54 Å². The van der Waals surface area contributed by atoms with Crippen molar-refractivity contribution in [2.45, 2.75) is 5.54 Å². The average molecular weight is 390 g/mol. The number of nitrogens with one attached hydrogen (secondary N) is 1. The molecule has 1 heterocycles. The molecule has 1 aromatic heterocycles. The minimum absolute atomic E-state index is 0.646. The summed E-state index contributed by atoms with van der Waals surface area (Å²) in [4.78, 5) is 0. The van der Waals surface area contributed by atoms with Crippen LogP contribution in [0.5, 0.6) is 0 Å². The Balaban J connectivity index is 2.01. The zero-order chi connectivity index (χ0) is 20.8. The van der Waals surface area contributed by atoms with Crippen LogP contribution in [0, 0.1) is 11.3 Å². The van der Waals surface area contributed by atoms with E-state index in [1.165, 1.54) is 6.08 Å². The summed E-state index contributed by atoms with van der Waals surface area (Å²) in [6, 6.07) is 33.3. The van der Waals surface area contributed by atoms with Crippen molar-refractivity contribution < 1.29 is 0 Å². The van der Waals surface area contributed by atoms with Crippen LogP contribution in [-0.4, -0.2) is 9.78 Å². The number of allylic oxidation sites excluding steroid dienone is 1. The first kappa shape index (κ1) is 19.2. The summed E-state index contributed by atoms with van der Waals surface area (Å²) >= 11 is 0. The van der Waals surface area contributed by atoms with Gasteiger partial charge in [0.1, 0.15) is 11.4 Å². The van der Waals surface area contributed by atoms with Crippen molar-refractivity contribution in [3.8, 4) is 6.07 Å². The molecule has 0 atom stereocenters. The molecule has 4 rings (SSSR count). The van der Waals surface area contributed by atoms with Crippen LogP contribution in [0.2, 0.25) is 0 Å². The van der Waals surface area contributed by atoms with Gasteiger partial charge in [-0.05, 0) is 22.8 Å². The zero-order valence-corrected chi connectivity index (χ0v) is 16.7. The zero-order valence-electron chi connectivity index (χ0n) is 16.7. The van der Waals surface area contributed by atoms with Crippen molar-refractivity contribution in [2.24, 2.45) is 7.05 Å². The molecule has 4 heteroatoms. The van der Waals surface area contributed by atoms with Crippen LogP contribution in [0.15, 0.2) is 103 Å². The molecule has 146 valence electrons. The number of hydrogen-bond donors (Lipinski definition) is 1. The second-order valence-electron chi connectivity index (χ2n) is 7.01. The summed E-state index contributed by atoms with van der Waals surface area (Å²) in [5.41, 5.74) is 3.54. The highest BCUT2D eigenvalue weighted by atomic mass is 15.3. The number of rotatable bonds is 6. The quantitative estimate of drug-likeness (QED) is 0.356. The monoisotopic (exact) mass is 390 g/mol. The van der Waals surface area contributed by atoms with Crippen molar-refractivity contribution >= 4 is 11.9 Å². The van der Waals surface area contributed by atoms with Crippen LogP contribution in [0.1, 0.15) is 22.3 Å². The molecule has 0 amide bonds. The lowest BCUT2D eigenvalue weighted by molar-refractivity contribution is 0.679. The van der Waals surface area contributed by atoms with Gasteiger partial charge >= 0.3 is 0 Å². The van der Waals surface area contributed by atoms with Gasteiger partial charge in [-0.1, -0.05) is 91.0 Å². The Morgan fingerprint density at radius 3 is 1.73 bits per heavy atom. The van der Waals surface area contributed by atoms with Gasteiger partial charge in [-0.3, -0.25) is 4.68 Å². The Morgan fingerprint density at radius 2 is 1.30 bits per heavy atom. The standard InChI is InChI=1S/C26H22N4/c1-30-25(21(20-28-30)12-11-19-27)29-26(22-13-5-2-6-14-22,23-15-7-3-8-16-23)24-17-9-4-10-18-24/h2-18,20,29H,1H3. The Labute approximate surface area is 176 Å². The first-order chi connectivity index (χ1) is 14.8. The molecule has 4 aromatic rings. The van der Waals surface area contributed by atoms with Crippen LogP contribution in [0.3, 0.4) is 0 Å². The molecule has 0 saturated heterocycles. The normalized spacial score (nSPS) is 11.3. The molecule has 0 radical (unpaired) electrons. The van der Waals surface area contributed by atoms with Gasteiger partial charge in [0.2, 0.25) is 0 Å². The molecular weight excluding hydrogens is 368 g/mol. The molecule has 0 saturated carbocycles. The Morgan fingerprint density at radius 1 is 0.833 bits per heavy atom. The fraction of sp³-hybridized carbons (Fsp3) is 0.0769. The molecule has 0 aliphatic rings. The molecule has 0 aliphatic carbocycles. The number of aromatic nitrogens is 2. The smallest absolute Gasteiger partial charge is 0.132 e. The van der Waals surface area contributed by atoms with E-state index >= 15 is 0 Å². The fourth-order valence-electron chi connectivity index (χ4n) is 3.82. The third-order valence-electron chi connectivity index (χ3n) is 5.23. The molecule has 4 nitrogen and oxygen atoms in total. The molecule has 0 fully saturated rings. The van der Waals surface area contributed by atoms with Crippen molar-refractivity contribution in [1.82, 2.24) is 9.78 Å². The number of nitrogens with zero attached hydrogens (tertiary/aromatic N) is 3. The largest absolute Gasteiger partial charge is 0.352 e. The Bertz CT molecular complexity index is 1070. The van der Waals surface area contributed by atoms with Gasteiger partial charge in [0.05, 0.1) is 12.3 Å². The predicted octanol–water partition coefficient (Wildman–Crippen LogP) is 5.36. The van der Waals surface area contributed by atoms with Gasteiger partial charge in [0.25, 0.3) is 0 Å². The maximum atomic E-state index is 9.01. The van der Waals surface area contributed by atoms with Gasteiger partial charge in [0, 0.05) is 18.7 Å². The lowest BCUT2D eigenvalue weighted by Crippen LogP contribution is -2.39. The van der Waals surface area contributed by atoms with Gasteiger partial charge in [0.15, 0.2) is 0 Å². The molecule has 0 aliphatic heterocycles. The maximum absolute atomic E-state index is 9.01. The molecule has 0 spiro atoms. The molecule has 3 aromatic carbocycles. The van der Waals surface area contributed by atoms with Crippen LogP contribution >= 0.6 is 0 Å². The Hall–Kier alpha value is -4.10. The van der Waals surface area contributed by atoms with E-state index in [2.05, 4.69) is 89.3 Å². The highest BCUT2D eigenvalue weighted by Crippen LogP contribution is 2.40. The number of benzene rings is 3. The lowest BCUT2D eigenvalue weighted by atomic mass is 9.77. The maximum Gasteiger partial charge on any atom is 0.132 e. The van der Waals surface area contributed by atoms with E-state index in [1.807, 2.05) is 25.2 Å². The topological polar surface area (TPSA) is 53.6 Å². The summed E-state index contributed by atoms with van der Waals surface area (Å²) in [5, 5.41) is 17.2. The van der Waals surface area contributed by atoms with Gasteiger partial charge < -0.3 is 5.32 Å². The van der Waals surface area contributed by atoms with E-state index in [1.54, 1.807) is 17.0 Å². The second-order valence-corrected chi connectivity index (χ2v) is 7.01. The van der Waals surface area contributed by atoms with Gasteiger partial charge in [-0.25, -0.2) is 0 Å². The first-order valence-electron chi connectivity index (χ1n) is 9.78. The third kappa shape index (κ3) is 3.49. The molecule has 0 unspecified atom stereocenters. The van der Waals surface area contributed by atoms with Crippen LogP contribution in [0.4, 0.5) is 5.82 Å². The van der Waals surface area contributed by atoms with E-state index in [0.717, 1.165) is 28.1 Å². The van der Waals surface area contributed by atoms with E-state index in [4.69, 9.17) is 5.26 Å². The predicted molar refractivity (Wildman–Crippen MR) is 121 cm³/mol. The van der Waals surface area contributed by atoms with Gasteiger partial charge in [-0.15, -0.1) is 0 Å². The SMILES string of the molecule is Cn1ncc(C=CC#N)c1NC(c1ccccc1)(c1ccccc1)c1ccccc1. The number of anilines is 1. The minimum Gasteiger partial charge on any atom is -0.352 e. The van der Waals surface area contributed by atoms with Crippen LogP contribution < -0.4 is 5.32 Å². The third-order valence-corrected chi connectivity index (χ3v) is 5.23.